The van der Waals surface area contributed by atoms with Crippen LogP contribution in [0.4, 0.5) is 24.5 Å². The Morgan fingerprint density at radius 2 is 1.54 bits per heavy atom. The highest BCUT2D eigenvalue weighted by Gasteiger charge is 2.39. The highest BCUT2D eigenvalue weighted by atomic mass is 19.4. The van der Waals surface area contributed by atoms with Crippen LogP contribution in [-0.4, -0.2) is 32.2 Å². The molecule has 150 valence electrons. The summed E-state index contributed by atoms with van der Waals surface area (Å²) < 4.78 is 47.7. The van der Waals surface area contributed by atoms with Gasteiger partial charge >= 0.3 is 12.1 Å². The van der Waals surface area contributed by atoms with Gasteiger partial charge in [0.15, 0.2) is 11.5 Å². The lowest BCUT2D eigenvalue weighted by molar-refractivity contribution is -0.167. The van der Waals surface area contributed by atoms with Crippen LogP contribution in [0.25, 0.3) is 0 Å². The van der Waals surface area contributed by atoms with Gasteiger partial charge in [-0.25, -0.2) is 0 Å². The largest absolute Gasteiger partial charge is 0.493 e. The molecule has 28 heavy (non-hydrogen) atoms. The van der Waals surface area contributed by atoms with Crippen molar-refractivity contribution in [3.05, 3.63) is 48.0 Å². The van der Waals surface area contributed by atoms with E-state index >= 15 is 0 Å². The zero-order chi connectivity index (χ0) is 20.7. The molecule has 0 saturated carbocycles. The number of hydrogen-bond donors (Lipinski definition) is 2. The van der Waals surface area contributed by atoms with Gasteiger partial charge in [0.25, 0.3) is 0 Å². The SMILES string of the molecule is COc1ccc(CCC(=O)Nc2ccccc2NC(=O)C(F)(F)F)cc1OC. The first-order valence-electron chi connectivity index (χ1n) is 8.22. The number of benzene rings is 2. The van der Waals surface area contributed by atoms with Crippen LogP contribution < -0.4 is 20.1 Å². The number of ether oxygens (including phenoxy) is 2. The molecule has 0 aliphatic carbocycles. The van der Waals surface area contributed by atoms with Crippen molar-refractivity contribution in [3.63, 3.8) is 0 Å². The number of aryl methyl sites for hydroxylation is 1. The minimum absolute atomic E-state index is 0.0804. The normalized spacial score (nSPS) is 10.9. The van der Waals surface area contributed by atoms with Crippen molar-refractivity contribution in [2.24, 2.45) is 0 Å². The van der Waals surface area contributed by atoms with Gasteiger partial charge in [-0.1, -0.05) is 18.2 Å². The van der Waals surface area contributed by atoms with Crippen molar-refractivity contribution < 1.29 is 32.2 Å². The van der Waals surface area contributed by atoms with Crippen LogP contribution >= 0.6 is 0 Å². The minimum atomic E-state index is -5.02. The number of anilines is 2. The Morgan fingerprint density at radius 3 is 2.11 bits per heavy atom. The van der Waals surface area contributed by atoms with E-state index in [1.165, 1.54) is 38.5 Å². The molecule has 0 bridgehead atoms. The summed E-state index contributed by atoms with van der Waals surface area (Å²) in [6.45, 7) is 0. The lowest BCUT2D eigenvalue weighted by Crippen LogP contribution is -2.30. The summed E-state index contributed by atoms with van der Waals surface area (Å²) in [5, 5.41) is 4.26. The zero-order valence-electron chi connectivity index (χ0n) is 15.2. The van der Waals surface area contributed by atoms with Crippen LogP contribution in [0.1, 0.15) is 12.0 Å². The van der Waals surface area contributed by atoms with Gasteiger partial charge in [-0.3, -0.25) is 9.59 Å². The van der Waals surface area contributed by atoms with E-state index in [9.17, 15) is 22.8 Å². The average Bonchev–Trinajstić information content (AvgIpc) is 2.66. The summed E-state index contributed by atoms with van der Waals surface area (Å²) in [5.74, 6) is -1.44. The quantitative estimate of drug-likeness (QED) is 0.747. The molecule has 0 aromatic heterocycles. The topological polar surface area (TPSA) is 76.7 Å². The summed E-state index contributed by atoms with van der Waals surface area (Å²) >= 11 is 0. The molecular weight excluding hydrogens is 377 g/mol. The zero-order valence-corrected chi connectivity index (χ0v) is 15.2. The molecule has 9 heteroatoms. The van der Waals surface area contributed by atoms with E-state index in [2.05, 4.69) is 5.32 Å². The third-order valence-electron chi connectivity index (χ3n) is 3.80. The molecule has 0 radical (unpaired) electrons. The van der Waals surface area contributed by atoms with Gasteiger partial charge in [0.2, 0.25) is 5.91 Å². The number of nitrogens with one attached hydrogen (secondary N) is 2. The second-order valence-electron chi connectivity index (χ2n) is 5.73. The van der Waals surface area contributed by atoms with Crippen LogP contribution in [0.3, 0.4) is 0 Å². The molecule has 2 aromatic carbocycles. The van der Waals surface area contributed by atoms with Crippen molar-refractivity contribution in [2.75, 3.05) is 24.9 Å². The summed E-state index contributed by atoms with van der Waals surface area (Å²) in [4.78, 5) is 23.3. The third-order valence-corrected chi connectivity index (χ3v) is 3.80. The first-order chi connectivity index (χ1) is 13.2. The molecule has 0 heterocycles. The van der Waals surface area contributed by atoms with Gasteiger partial charge in [-0.2, -0.15) is 13.2 Å². The number of halogens is 3. The number of para-hydroxylation sites is 2. The highest BCUT2D eigenvalue weighted by Crippen LogP contribution is 2.28. The van der Waals surface area contributed by atoms with E-state index in [-0.39, 0.29) is 17.8 Å². The van der Waals surface area contributed by atoms with Crippen LogP contribution in [0, 0.1) is 0 Å². The van der Waals surface area contributed by atoms with Crippen LogP contribution in [-0.2, 0) is 16.0 Å². The van der Waals surface area contributed by atoms with Crippen molar-refractivity contribution in [1.29, 1.82) is 0 Å². The average molecular weight is 396 g/mol. The summed E-state index contributed by atoms with van der Waals surface area (Å²) in [6, 6.07) is 10.9. The number of methoxy groups -OCH3 is 2. The number of carbonyl (C=O) groups excluding carboxylic acids is 2. The fraction of sp³-hybridized carbons (Fsp3) is 0.263. The van der Waals surface area contributed by atoms with Crippen LogP contribution in [0.15, 0.2) is 42.5 Å². The van der Waals surface area contributed by atoms with Gasteiger partial charge in [0.05, 0.1) is 25.6 Å². The summed E-state index contributed by atoms with van der Waals surface area (Å²) in [6.07, 6.45) is -4.56. The predicted molar refractivity (Wildman–Crippen MR) is 97.6 cm³/mol. The van der Waals surface area contributed by atoms with Gasteiger partial charge in [-0.15, -0.1) is 0 Å². The molecule has 2 rings (SSSR count). The number of alkyl halides is 3. The maximum Gasteiger partial charge on any atom is 0.471 e. The maximum absolute atomic E-state index is 12.4. The highest BCUT2D eigenvalue weighted by molar-refractivity contribution is 6.01. The Hall–Kier alpha value is -3.23. The Morgan fingerprint density at radius 1 is 0.929 bits per heavy atom. The van der Waals surface area contributed by atoms with Gasteiger partial charge < -0.3 is 20.1 Å². The van der Waals surface area contributed by atoms with Crippen molar-refractivity contribution in [3.8, 4) is 11.5 Å². The third kappa shape index (κ3) is 5.63. The fourth-order valence-corrected chi connectivity index (χ4v) is 2.40. The monoisotopic (exact) mass is 396 g/mol. The van der Waals surface area contributed by atoms with Crippen molar-refractivity contribution in [1.82, 2.24) is 0 Å². The van der Waals surface area contributed by atoms with Gasteiger partial charge in [0.1, 0.15) is 0 Å². The first kappa shape index (κ1) is 21.1. The Balaban J connectivity index is 2.01. The molecule has 2 amide bonds. The van der Waals surface area contributed by atoms with E-state index in [4.69, 9.17) is 9.47 Å². The molecule has 6 nitrogen and oxygen atoms in total. The minimum Gasteiger partial charge on any atom is -0.493 e. The first-order valence-corrected chi connectivity index (χ1v) is 8.22. The standard InChI is InChI=1S/C19H19F3N2O4/c1-27-15-9-7-12(11-16(15)28-2)8-10-17(25)23-13-5-3-4-6-14(13)24-18(26)19(20,21)22/h3-7,9,11H,8,10H2,1-2H3,(H,23,25)(H,24,26). The number of amides is 2. The van der Waals surface area contributed by atoms with Gasteiger partial charge in [0, 0.05) is 6.42 Å². The molecule has 0 spiro atoms. The van der Waals surface area contributed by atoms with Crippen molar-refractivity contribution >= 4 is 23.2 Å². The Bertz CT molecular complexity index is 853. The van der Waals surface area contributed by atoms with E-state index in [0.717, 1.165) is 5.56 Å². The summed E-state index contributed by atoms with van der Waals surface area (Å²) in [5.41, 5.74) is 0.771. The van der Waals surface area contributed by atoms with Crippen LogP contribution in [0.2, 0.25) is 0 Å². The van der Waals surface area contributed by atoms with Crippen LogP contribution in [0.5, 0.6) is 11.5 Å². The lowest BCUT2D eigenvalue weighted by atomic mass is 10.1. The lowest BCUT2D eigenvalue weighted by Gasteiger charge is -2.13. The van der Waals surface area contributed by atoms with E-state index in [1.54, 1.807) is 23.5 Å². The predicted octanol–water partition coefficient (Wildman–Crippen LogP) is 3.78. The smallest absolute Gasteiger partial charge is 0.471 e. The molecule has 2 N–H and O–H groups in total. The Labute approximate surface area is 159 Å². The maximum atomic E-state index is 12.4. The molecule has 0 aliphatic rings. The molecule has 0 atom stereocenters. The second-order valence-corrected chi connectivity index (χ2v) is 5.73. The molecule has 0 unspecified atom stereocenters. The van der Waals surface area contributed by atoms with Gasteiger partial charge in [-0.05, 0) is 36.2 Å². The van der Waals surface area contributed by atoms with E-state index in [1.807, 2.05) is 0 Å². The Kier molecular flexibility index (Phi) is 6.86. The van der Waals surface area contributed by atoms with E-state index < -0.39 is 18.0 Å². The number of hydrogen-bond acceptors (Lipinski definition) is 4. The van der Waals surface area contributed by atoms with Crippen molar-refractivity contribution in [2.45, 2.75) is 19.0 Å². The fourth-order valence-electron chi connectivity index (χ4n) is 2.40. The molecule has 0 fully saturated rings. The summed E-state index contributed by atoms with van der Waals surface area (Å²) in [7, 11) is 3.01. The second kappa shape index (κ2) is 9.12. The molecule has 0 saturated heterocycles. The molecule has 2 aromatic rings. The van der Waals surface area contributed by atoms with E-state index in [0.29, 0.717) is 17.9 Å². The number of rotatable bonds is 7. The molecule has 0 aliphatic heterocycles. The molecular formula is C19H19F3N2O4. The number of carbonyl (C=O) groups is 2.